The fraction of sp³-hybridized carbons (Fsp3) is 0.200. The number of rotatable bonds is 3. The van der Waals surface area contributed by atoms with Crippen molar-refractivity contribution >= 4 is 11.3 Å². The lowest BCUT2D eigenvalue weighted by Gasteiger charge is -2.05. The molecule has 2 N–H and O–H groups in total. The molecule has 98 valence electrons. The van der Waals surface area contributed by atoms with E-state index >= 15 is 0 Å². The van der Waals surface area contributed by atoms with Crippen molar-refractivity contribution in [3.63, 3.8) is 0 Å². The maximum atomic E-state index is 13.1. The first-order valence-corrected chi connectivity index (χ1v) is 6.67. The highest BCUT2D eigenvalue weighted by molar-refractivity contribution is 7.12. The molecular formula is C15H14FNOS. The molecule has 0 aliphatic heterocycles. The summed E-state index contributed by atoms with van der Waals surface area (Å²) in [6.07, 6.45) is 0. The Labute approximate surface area is 116 Å². The van der Waals surface area contributed by atoms with Gasteiger partial charge in [0.05, 0.1) is 11.4 Å². The van der Waals surface area contributed by atoms with Crippen LogP contribution in [0.1, 0.15) is 15.3 Å². The van der Waals surface area contributed by atoms with Gasteiger partial charge in [-0.2, -0.15) is 0 Å². The van der Waals surface area contributed by atoms with E-state index in [9.17, 15) is 4.39 Å². The monoisotopic (exact) mass is 275 g/mol. The molecule has 0 aliphatic carbocycles. The van der Waals surface area contributed by atoms with Gasteiger partial charge in [0.1, 0.15) is 18.2 Å². The molecule has 0 spiro atoms. The lowest BCUT2D eigenvalue weighted by atomic mass is 10.2. The Balaban J connectivity index is 1.98. The number of thiophene rings is 1. The van der Waals surface area contributed by atoms with Crippen LogP contribution in [0, 0.1) is 24.6 Å². The van der Waals surface area contributed by atoms with Crippen molar-refractivity contribution in [2.24, 2.45) is 5.73 Å². The van der Waals surface area contributed by atoms with Crippen molar-refractivity contribution in [1.82, 2.24) is 0 Å². The molecule has 0 atom stereocenters. The van der Waals surface area contributed by atoms with Gasteiger partial charge in [0.2, 0.25) is 0 Å². The summed E-state index contributed by atoms with van der Waals surface area (Å²) in [5.74, 6) is 6.24. The molecule has 19 heavy (non-hydrogen) atoms. The maximum Gasteiger partial charge on any atom is 0.126 e. The first-order valence-electron chi connectivity index (χ1n) is 5.85. The SMILES string of the molecule is Cc1cc(OCc2ccc(C#CCN)s2)ccc1F. The van der Waals surface area contributed by atoms with E-state index in [1.807, 2.05) is 12.1 Å². The average molecular weight is 275 g/mol. The van der Waals surface area contributed by atoms with Crippen molar-refractivity contribution < 1.29 is 9.13 Å². The van der Waals surface area contributed by atoms with Gasteiger partial charge in [-0.15, -0.1) is 11.3 Å². The van der Waals surface area contributed by atoms with Gasteiger partial charge in [-0.3, -0.25) is 0 Å². The minimum absolute atomic E-state index is 0.220. The lowest BCUT2D eigenvalue weighted by molar-refractivity contribution is 0.309. The van der Waals surface area contributed by atoms with Crippen LogP contribution in [0.15, 0.2) is 30.3 Å². The molecule has 2 aromatic rings. The largest absolute Gasteiger partial charge is 0.488 e. The van der Waals surface area contributed by atoms with Gasteiger partial charge in [0.25, 0.3) is 0 Å². The molecule has 1 aromatic heterocycles. The Morgan fingerprint density at radius 1 is 1.32 bits per heavy atom. The Morgan fingerprint density at radius 2 is 2.16 bits per heavy atom. The van der Waals surface area contributed by atoms with E-state index in [4.69, 9.17) is 10.5 Å². The van der Waals surface area contributed by atoms with Crippen LogP contribution in [0.3, 0.4) is 0 Å². The Morgan fingerprint density at radius 3 is 2.89 bits per heavy atom. The summed E-state index contributed by atoms with van der Waals surface area (Å²) >= 11 is 1.57. The molecule has 0 amide bonds. The molecule has 1 heterocycles. The van der Waals surface area contributed by atoms with Crippen LogP contribution in [-0.4, -0.2) is 6.54 Å². The number of hydrogen-bond acceptors (Lipinski definition) is 3. The predicted octanol–water partition coefficient (Wildman–Crippen LogP) is 3.08. The number of aryl methyl sites for hydroxylation is 1. The highest BCUT2D eigenvalue weighted by atomic mass is 32.1. The zero-order valence-electron chi connectivity index (χ0n) is 10.6. The van der Waals surface area contributed by atoms with Gasteiger partial charge >= 0.3 is 0 Å². The summed E-state index contributed by atoms with van der Waals surface area (Å²) in [4.78, 5) is 2.04. The first-order chi connectivity index (χ1) is 9.19. The second-order valence-electron chi connectivity index (χ2n) is 3.97. The molecule has 4 heteroatoms. The van der Waals surface area contributed by atoms with Crippen LogP contribution in [0.25, 0.3) is 0 Å². The number of nitrogens with two attached hydrogens (primary N) is 1. The van der Waals surface area contributed by atoms with E-state index < -0.39 is 0 Å². The maximum absolute atomic E-state index is 13.1. The molecule has 2 nitrogen and oxygen atoms in total. The van der Waals surface area contributed by atoms with E-state index in [2.05, 4.69) is 11.8 Å². The quantitative estimate of drug-likeness (QED) is 0.874. The molecule has 2 rings (SSSR count). The Bertz CT molecular complexity index is 625. The van der Waals surface area contributed by atoms with E-state index in [1.165, 1.54) is 6.07 Å². The van der Waals surface area contributed by atoms with Crippen LogP contribution in [0.5, 0.6) is 5.75 Å². The standard InChI is InChI=1S/C15H14FNOS/c1-11-9-12(4-7-15(11)16)18-10-14-6-5-13(19-14)3-2-8-17/h4-7,9H,8,10,17H2,1H3. The molecule has 0 bridgehead atoms. The van der Waals surface area contributed by atoms with E-state index in [0.717, 1.165) is 9.75 Å². The van der Waals surface area contributed by atoms with Crippen molar-refractivity contribution in [3.8, 4) is 17.6 Å². The highest BCUT2D eigenvalue weighted by Gasteiger charge is 2.02. The predicted molar refractivity (Wildman–Crippen MR) is 75.7 cm³/mol. The summed E-state index contributed by atoms with van der Waals surface area (Å²) in [5, 5.41) is 0. The number of hydrogen-bond donors (Lipinski definition) is 1. The summed E-state index contributed by atoms with van der Waals surface area (Å²) < 4.78 is 18.7. The fourth-order valence-corrected chi connectivity index (χ4v) is 2.32. The topological polar surface area (TPSA) is 35.2 Å². The molecule has 0 saturated heterocycles. The molecule has 0 radical (unpaired) electrons. The van der Waals surface area contributed by atoms with Crippen molar-refractivity contribution in [2.75, 3.05) is 6.54 Å². The van der Waals surface area contributed by atoms with E-state index in [0.29, 0.717) is 24.5 Å². The third-order valence-electron chi connectivity index (χ3n) is 2.49. The molecule has 0 fully saturated rings. The van der Waals surface area contributed by atoms with Gasteiger partial charge in [0, 0.05) is 4.88 Å². The van der Waals surface area contributed by atoms with Crippen molar-refractivity contribution in [3.05, 3.63) is 51.5 Å². The molecule has 0 unspecified atom stereocenters. The molecular weight excluding hydrogens is 261 g/mol. The third kappa shape index (κ3) is 3.82. The van der Waals surface area contributed by atoms with Crippen LogP contribution < -0.4 is 10.5 Å². The fourth-order valence-electron chi connectivity index (χ4n) is 1.52. The summed E-state index contributed by atoms with van der Waals surface area (Å²) in [6.45, 7) is 2.53. The summed E-state index contributed by atoms with van der Waals surface area (Å²) in [5.41, 5.74) is 5.90. The highest BCUT2D eigenvalue weighted by Crippen LogP contribution is 2.20. The lowest BCUT2D eigenvalue weighted by Crippen LogP contribution is -1.94. The van der Waals surface area contributed by atoms with Gasteiger partial charge in [0.15, 0.2) is 0 Å². The number of benzene rings is 1. The average Bonchev–Trinajstić information content (AvgIpc) is 2.86. The van der Waals surface area contributed by atoms with Crippen LogP contribution >= 0.6 is 11.3 Å². The zero-order chi connectivity index (χ0) is 13.7. The van der Waals surface area contributed by atoms with Crippen molar-refractivity contribution in [1.29, 1.82) is 0 Å². The third-order valence-corrected chi connectivity index (χ3v) is 3.46. The second-order valence-corrected chi connectivity index (χ2v) is 5.14. The Kier molecular flexibility index (Phi) is 4.56. The van der Waals surface area contributed by atoms with E-state index in [1.54, 1.807) is 30.4 Å². The summed E-state index contributed by atoms with van der Waals surface area (Å²) in [7, 11) is 0. The molecule has 1 aromatic carbocycles. The van der Waals surface area contributed by atoms with Gasteiger partial charge in [-0.05, 0) is 42.8 Å². The second kappa shape index (κ2) is 6.37. The molecule has 0 aliphatic rings. The van der Waals surface area contributed by atoms with E-state index in [-0.39, 0.29) is 5.82 Å². The van der Waals surface area contributed by atoms with Gasteiger partial charge < -0.3 is 10.5 Å². The normalized spacial score (nSPS) is 9.84. The van der Waals surface area contributed by atoms with Crippen LogP contribution in [-0.2, 0) is 6.61 Å². The molecule has 0 saturated carbocycles. The van der Waals surface area contributed by atoms with Crippen LogP contribution in [0.2, 0.25) is 0 Å². The van der Waals surface area contributed by atoms with Crippen LogP contribution in [0.4, 0.5) is 4.39 Å². The summed E-state index contributed by atoms with van der Waals surface area (Å²) in [6, 6.07) is 8.66. The van der Waals surface area contributed by atoms with Gasteiger partial charge in [-0.25, -0.2) is 4.39 Å². The number of ether oxygens (including phenoxy) is 1. The number of halogens is 1. The minimum atomic E-state index is -0.220. The minimum Gasteiger partial charge on any atom is -0.488 e. The zero-order valence-corrected chi connectivity index (χ0v) is 11.4. The van der Waals surface area contributed by atoms with Gasteiger partial charge in [-0.1, -0.05) is 11.8 Å². The first kappa shape index (κ1) is 13.6. The van der Waals surface area contributed by atoms with Crippen molar-refractivity contribution in [2.45, 2.75) is 13.5 Å². The Hall–Kier alpha value is -1.83. The smallest absolute Gasteiger partial charge is 0.126 e.